The maximum absolute atomic E-state index is 15.4. The van der Waals surface area contributed by atoms with Gasteiger partial charge in [-0.25, -0.2) is 14.0 Å². The van der Waals surface area contributed by atoms with Crippen LogP contribution in [-0.4, -0.2) is 18.0 Å². The molecular formula is C55H81FO4. The number of aryl methyl sites for hydroxylation is 1. The smallest absolute Gasteiger partial charge is 0.343 e. The van der Waals surface area contributed by atoms with E-state index >= 15 is 4.39 Å². The van der Waals surface area contributed by atoms with E-state index in [-0.39, 0.29) is 22.8 Å². The van der Waals surface area contributed by atoms with Crippen LogP contribution >= 0.6 is 0 Å². The van der Waals surface area contributed by atoms with E-state index < -0.39 is 17.8 Å². The Morgan fingerprint density at radius 1 is 0.750 bits per heavy atom. The van der Waals surface area contributed by atoms with Gasteiger partial charge in [0.15, 0.2) is 0 Å². The largest absolute Gasteiger partial charge is 0.458 e. The fourth-order valence-electron chi connectivity index (χ4n) is 12.8. The predicted molar refractivity (Wildman–Crippen MR) is 245 cm³/mol. The number of halogens is 1. The lowest BCUT2D eigenvalue weighted by Gasteiger charge is -2.58. The van der Waals surface area contributed by atoms with Gasteiger partial charge in [-0.1, -0.05) is 155 Å². The average Bonchev–Trinajstić information content (AvgIpc) is 3.59. The minimum absolute atomic E-state index is 0.0720. The van der Waals surface area contributed by atoms with Crippen LogP contribution in [0.3, 0.4) is 0 Å². The first-order chi connectivity index (χ1) is 28.9. The number of carbonyl (C=O) groups is 2. The first-order valence-electron chi connectivity index (χ1n) is 24.9. The van der Waals surface area contributed by atoms with Crippen molar-refractivity contribution in [2.24, 2.45) is 46.3 Å². The molecule has 3 fully saturated rings. The first-order valence-corrected chi connectivity index (χ1v) is 24.9. The van der Waals surface area contributed by atoms with Crippen LogP contribution in [0.1, 0.15) is 216 Å². The summed E-state index contributed by atoms with van der Waals surface area (Å²) in [6.45, 7) is 14.7. The third-order valence-electron chi connectivity index (χ3n) is 16.4. The molecule has 0 bridgehead atoms. The molecule has 0 aromatic heterocycles. The van der Waals surface area contributed by atoms with Crippen LogP contribution < -0.4 is 4.74 Å². The number of ether oxygens (including phenoxy) is 2. The van der Waals surface area contributed by atoms with E-state index in [1.165, 1.54) is 139 Å². The Hall–Kier alpha value is -2.95. The van der Waals surface area contributed by atoms with E-state index in [9.17, 15) is 9.59 Å². The molecule has 4 aliphatic carbocycles. The van der Waals surface area contributed by atoms with E-state index in [1.54, 1.807) is 12.1 Å². The number of esters is 2. The second-order valence-electron chi connectivity index (χ2n) is 20.9. The summed E-state index contributed by atoms with van der Waals surface area (Å²) in [7, 11) is 0. The Balaban J connectivity index is 0.931. The number of benzene rings is 2. The molecule has 0 spiro atoms. The predicted octanol–water partition coefficient (Wildman–Crippen LogP) is 15.9. The molecule has 0 radical (unpaired) electrons. The lowest BCUT2D eigenvalue weighted by atomic mass is 9.47. The van der Waals surface area contributed by atoms with Gasteiger partial charge in [0.25, 0.3) is 0 Å². The van der Waals surface area contributed by atoms with Gasteiger partial charge in [-0.05, 0) is 134 Å². The molecule has 0 amide bonds. The maximum atomic E-state index is 15.4. The van der Waals surface area contributed by atoms with Crippen LogP contribution in [0.25, 0.3) is 0 Å². The van der Waals surface area contributed by atoms with Crippen molar-refractivity contribution in [1.29, 1.82) is 0 Å². The van der Waals surface area contributed by atoms with Gasteiger partial charge in [0.1, 0.15) is 17.7 Å². The quantitative estimate of drug-likeness (QED) is 0.0514. The van der Waals surface area contributed by atoms with Crippen LogP contribution in [-0.2, 0) is 11.2 Å². The molecule has 0 unspecified atom stereocenters. The van der Waals surface area contributed by atoms with Crippen LogP contribution in [0.2, 0.25) is 0 Å². The molecule has 0 aliphatic heterocycles. The average molecular weight is 825 g/mol. The topological polar surface area (TPSA) is 52.6 Å². The maximum Gasteiger partial charge on any atom is 0.343 e. The Kier molecular flexibility index (Phi) is 17.0. The highest BCUT2D eigenvalue weighted by molar-refractivity contribution is 5.92. The number of allylic oxidation sites excluding steroid dienone is 1. The summed E-state index contributed by atoms with van der Waals surface area (Å²) in [5, 5.41) is 0. The van der Waals surface area contributed by atoms with E-state index in [4.69, 9.17) is 9.47 Å². The van der Waals surface area contributed by atoms with E-state index in [0.717, 1.165) is 74.2 Å². The zero-order valence-electron chi connectivity index (χ0n) is 38.6. The molecule has 4 nitrogen and oxygen atoms in total. The Bertz CT molecular complexity index is 1710. The highest BCUT2D eigenvalue weighted by Crippen LogP contribution is 2.67. The summed E-state index contributed by atoms with van der Waals surface area (Å²) in [6, 6.07) is 11.5. The van der Waals surface area contributed by atoms with Crippen LogP contribution in [0.4, 0.5) is 4.39 Å². The van der Waals surface area contributed by atoms with Crippen molar-refractivity contribution in [3.8, 4) is 5.75 Å². The van der Waals surface area contributed by atoms with E-state index in [1.807, 2.05) is 12.1 Å². The van der Waals surface area contributed by atoms with Crippen LogP contribution in [0.15, 0.2) is 54.1 Å². The summed E-state index contributed by atoms with van der Waals surface area (Å²) in [5.41, 5.74) is 3.56. The molecule has 2 aromatic carbocycles. The molecular weight excluding hydrogens is 744 g/mol. The highest BCUT2D eigenvalue weighted by atomic mass is 19.1. The third kappa shape index (κ3) is 11.5. The SMILES string of the molecule is CCCCCCCCCCCCCCc1ccc(C(=O)Oc2ccc(C(=O)O[C@H]3CC[C@@]4(C)C(=CC[C@H]5[C@@H]6CC[C@H]([C@H](C)CCCC(C)C)[C@@]6(C)CC[C@@H]54)C3)c(F)c2)cc1. The molecule has 6 rings (SSSR count). The minimum Gasteiger partial charge on any atom is -0.458 e. The number of rotatable bonds is 22. The number of hydrogen-bond acceptors (Lipinski definition) is 4. The van der Waals surface area contributed by atoms with Gasteiger partial charge in [0, 0.05) is 12.5 Å². The molecule has 332 valence electrons. The summed E-state index contributed by atoms with van der Waals surface area (Å²) in [6.07, 6.45) is 32.4. The number of unbranched alkanes of at least 4 members (excludes halogenated alkanes) is 11. The van der Waals surface area contributed by atoms with Crippen LogP contribution in [0, 0.1) is 52.2 Å². The van der Waals surface area contributed by atoms with Crippen molar-refractivity contribution in [1.82, 2.24) is 0 Å². The summed E-state index contributed by atoms with van der Waals surface area (Å²) >= 11 is 0. The zero-order chi connectivity index (χ0) is 42.7. The van der Waals surface area contributed by atoms with Gasteiger partial charge in [0.05, 0.1) is 11.1 Å². The fourth-order valence-corrected chi connectivity index (χ4v) is 12.8. The normalized spacial score (nSPS) is 27.7. The molecule has 5 heteroatoms. The Morgan fingerprint density at radius 2 is 1.43 bits per heavy atom. The molecule has 8 atom stereocenters. The Labute approximate surface area is 364 Å². The van der Waals surface area contributed by atoms with Crippen molar-refractivity contribution in [2.75, 3.05) is 0 Å². The van der Waals surface area contributed by atoms with E-state index in [0.29, 0.717) is 16.9 Å². The number of carbonyl (C=O) groups excluding carboxylic acids is 2. The van der Waals surface area contributed by atoms with Crippen molar-refractivity contribution in [3.63, 3.8) is 0 Å². The van der Waals surface area contributed by atoms with Gasteiger partial charge in [-0.2, -0.15) is 0 Å². The molecule has 3 saturated carbocycles. The standard InChI is InChI=1S/C55H81FO4/c1-7-8-9-10-11-12-13-14-15-16-17-18-22-41-23-25-42(26-24-41)52(57)59-44-28-30-47(51(56)38-44)53(58)60-45-33-35-54(5)43(37-45)27-29-46-49-32-31-48(40(4)21-19-20-39(2)3)55(49,6)36-34-50(46)54/h23-28,30,38-40,45-46,48-50H,7-22,29,31-37H2,1-6H3/t40-,45+,46+,48-,49+,50+,54+,55-/m1/s1. The van der Waals surface area contributed by atoms with Crippen molar-refractivity contribution < 1.29 is 23.5 Å². The van der Waals surface area contributed by atoms with Crippen molar-refractivity contribution in [3.05, 3.63) is 76.6 Å². The number of hydrogen-bond donors (Lipinski definition) is 0. The van der Waals surface area contributed by atoms with Gasteiger partial charge >= 0.3 is 11.9 Å². The monoisotopic (exact) mass is 825 g/mol. The molecule has 2 aromatic rings. The fraction of sp³-hybridized carbons (Fsp3) is 0.709. The second kappa shape index (κ2) is 21.9. The second-order valence-corrected chi connectivity index (χ2v) is 20.9. The van der Waals surface area contributed by atoms with Crippen LogP contribution in [0.5, 0.6) is 5.75 Å². The third-order valence-corrected chi connectivity index (χ3v) is 16.4. The van der Waals surface area contributed by atoms with Gasteiger partial charge in [0.2, 0.25) is 0 Å². The summed E-state index contributed by atoms with van der Waals surface area (Å²) in [5.74, 6) is 2.84. The molecule has 0 heterocycles. The number of fused-ring (bicyclic) bond motifs is 5. The van der Waals surface area contributed by atoms with Gasteiger partial charge in [-0.3, -0.25) is 0 Å². The zero-order valence-corrected chi connectivity index (χ0v) is 38.6. The molecule has 4 aliphatic rings. The molecule has 0 saturated heterocycles. The van der Waals surface area contributed by atoms with Gasteiger partial charge < -0.3 is 9.47 Å². The van der Waals surface area contributed by atoms with Crippen molar-refractivity contribution >= 4 is 11.9 Å². The molecule has 60 heavy (non-hydrogen) atoms. The van der Waals surface area contributed by atoms with E-state index in [2.05, 4.69) is 47.6 Å². The highest BCUT2D eigenvalue weighted by Gasteiger charge is 2.59. The Morgan fingerprint density at radius 3 is 2.10 bits per heavy atom. The lowest BCUT2D eigenvalue weighted by Crippen LogP contribution is -2.51. The minimum atomic E-state index is -0.738. The summed E-state index contributed by atoms with van der Waals surface area (Å²) < 4.78 is 26.9. The van der Waals surface area contributed by atoms with Gasteiger partial charge in [-0.15, -0.1) is 0 Å². The lowest BCUT2D eigenvalue weighted by molar-refractivity contribution is -0.0595. The first kappa shape index (κ1) is 46.6. The molecule has 0 N–H and O–H groups in total. The van der Waals surface area contributed by atoms with Crippen molar-refractivity contribution in [2.45, 2.75) is 202 Å². The summed E-state index contributed by atoms with van der Waals surface area (Å²) in [4.78, 5) is 26.3.